The van der Waals surface area contributed by atoms with Crippen LogP contribution in [0.5, 0.6) is 5.75 Å². The van der Waals surface area contributed by atoms with E-state index in [4.69, 9.17) is 9.47 Å². The maximum absolute atomic E-state index is 12.7. The summed E-state index contributed by atoms with van der Waals surface area (Å²) in [7, 11) is 0. The lowest BCUT2D eigenvalue weighted by Crippen LogP contribution is -2.13. The van der Waals surface area contributed by atoms with Crippen molar-refractivity contribution in [3.05, 3.63) is 48.0 Å². The van der Waals surface area contributed by atoms with Crippen LogP contribution in [0, 0.1) is 17.2 Å². The van der Waals surface area contributed by atoms with E-state index in [0.717, 1.165) is 41.5 Å². The number of aromatic nitrogens is 1. The SMILES string of the molecule is CCOC(=O)Nc1cccc(-c2c(C#N)c3ccc(OCF)cc3n2CC2CC2)c1. The van der Waals surface area contributed by atoms with Crippen LogP contribution in [0.2, 0.25) is 0 Å². The van der Waals surface area contributed by atoms with E-state index in [1.54, 1.807) is 31.2 Å². The maximum Gasteiger partial charge on any atom is 0.411 e. The lowest BCUT2D eigenvalue weighted by Gasteiger charge is -2.13. The summed E-state index contributed by atoms with van der Waals surface area (Å²) in [5.74, 6) is 0.978. The summed E-state index contributed by atoms with van der Waals surface area (Å²) in [6.45, 7) is 1.88. The monoisotopic (exact) mass is 407 g/mol. The molecule has 1 fully saturated rings. The second kappa shape index (κ2) is 8.46. The zero-order valence-corrected chi connectivity index (χ0v) is 16.7. The van der Waals surface area contributed by atoms with Gasteiger partial charge < -0.3 is 14.0 Å². The number of benzene rings is 2. The first-order valence-electron chi connectivity index (χ1n) is 9.94. The Kier molecular flexibility index (Phi) is 5.57. The van der Waals surface area contributed by atoms with Crippen molar-refractivity contribution in [1.82, 2.24) is 4.57 Å². The number of hydrogen-bond donors (Lipinski definition) is 1. The van der Waals surface area contributed by atoms with Gasteiger partial charge in [0.2, 0.25) is 6.86 Å². The predicted octanol–water partition coefficient (Wildman–Crippen LogP) is 5.46. The van der Waals surface area contributed by atoms with Gasteiger partial charge in [0, 0.05) is 29.2 Å². The Morgan fingerprint density at radius 1 is 1.30 bits per heavy atom. The molecule has 0 atom stereocenters. The molecule has 7 heteroatoms. The largest absolute Gasteiger partial charge is 0.463 e. The minimum atomic E-state index is -0.908. The third-order valence-corrected chi connectivity index (χ3v) is 5.16. The first kappa shape index (κ1) is 19.8. The molecule has 3 aromatic rings. The van der Waals surface area contributed by atoms with Crippen LogP contribution in [-0.2, 0) is 11.3 Å². The van der Waals surface area contributed by atoms with E-state index < -0.39 is 13.0 Å². The van der Waals surface area contributed by atoms with Gasteiger partial charge in [0.25, 0.3) is 0 Å². The number of halogens is 1. The predicted molar refractivity (Wildman–Crippen MR) is 112 cm³/mol. The summed E-state index contributed by atoms with van der Waals surface area (Å²) in [6, 6.07) is 14.9. The van der Waals surface area contributed by atoms with Crippen LogP contribution < -0.4 is 10.1 Å². The lowest BCUT2D eigenvalue weighted by atomic mass is 10.1. The quantitative estimate of drug-likeness (QED) is 0.564. The molecule has 0 radical (unpaired) electrons. The van der Waals surface area contributed by atoms with Gasteiger partial charge in [-0.05, 0) is 49.9 Å². The Balaban J connectivity index is 1.85. The molecule has 0 aliphatic heterocycles. The number of fused-ring (bicyclic) bond motifs is 1. The van der Waals surface area contributed by atoms with E-state index in [1.807, 2.05) is 18.2 Å². The van der Waals surface area contributed by atoms with E-state index in [2.05, 4.69) is 16.0 Å². The van der Waals surface area contributed by atoms with Crippen LogP contribution in [0.15, 0.2) is 42.5 Å². The van der Waals surface area contributed by atoms with Crippen molar-refractivity contribution in [3.8, 4) is 23.1 Å². The van der Waals surface area contributed by atoms with Crippen LogP contribution in [0.3, 0.4) is 0 Å². The fourth-order valence-corrected chi connectivity index (χ4v) is 3.67. The Bertz CT molecular complexity index is 1130. The Morgan fingerprint density at radius 2 is 2.13 bits per heavy atom. The molecule has 4 rings (SSSR count). The number of nitrogens with one attached hydrogen (secondary N) is 1. The summed E-state index contributed by atoms with van der Waals surface area (Å²) < 4.78 is 24.8. The molecule has 1 aliphatic carbocycles. The van der Waals surface area contributed by atoms with Crippen LogP contribution in [0.25, 0.3) is 22.2 Å². The number of carbonyl (C=O) groups excluding carboxylic acids is 1. The summed E-state index contributed by atoms with van der Waals surface area (Å²) >= 11 is 0. The number of nitriles is 1. The van der Waals surface area contributed by atoms with Gasteiger partial charge in [-0.1, -0.05) is 12.1 Å². The molecule has 1 N–H and O–H groups in total. The Morgan fingerprint density at radius 3 is 2.83 bits per heavy atom. The molecule has 0 saturated heterocycles. The molecule has 154 valence electrons. The van der Waals surface area contributed by atoms with Crippen LogP contribution in [0.1, 0.15) is 25.3 Å². The topological polar surface area (TPSA) is 76.3 Å². The average molecular weight is 407 g/mol. The van der Waals surface area contributed by atoms with Crippen molar-refractivity contribution in [2.45, 2.75) is 26.3 Å². The normalized spacial score (nSPS) is 13.1. The van der Waals surface area contributed by atoms with E-state index in [9.17, 15) is 14.4 Å². The first-order valence-corrected chi connectivity index (χ1v) is 9.94. The van der Waals surface area contributed by atoms with Crippen molar-refractivity contribution in [2.75, 3.05) is 18.8 Å². The van der Waals surface area contributed by atoms with Gasteiger partial charge in [-0.2, -0.15) is 5.26 Å². The van der Waals surface area contributed by atoms with Crippen molar-refractivity contribution in [3.63, 3.8) is 0 Å². The number of rotatable bonds is 7. The maximum atomic E-state index is 12.7. The third kappa shape index (κ3) is 3.94. The number of ether oxygens (including phenoxy) is 2. The van der Waals surface area contributed by atoms with Gasteiger partial charge in [-0.3, -0.25) is 5.32 Å². The third-order valence-electron chi connectivity index (χ3n) is 5.16. The fraction of sp³-hybridized carbons (Fsp3) is 0.304. The number of carbonyl (C=O) groups is 1. The van der Waals surface area contributed by atoms with Crippen LogP contribution >= 0.6 is 0 Å². The number of alkyl halides is 1. The number of anilines is 1. The molecule has 1 amide bonds. The van der Waals surface area contributed by atoms with Gasteiger partial charge >= 0.3 is 6.09 Å². The minimum Gasteiger partial charge on any atom is -0.463 e. The molecule has 0 bridgehead atoms. The highest BCUT2D eigenvalue weighted by Gasteiger charge is 2.27. The fourth-order valence-electron chi connectivity index (χ4n) is 3.67. The highest BCUT2D eigenvalue weighted by molar-refractivity contribution is 5.96. The van der Waals surface area contributed by atoms with E-state index in [0.29, 0.717) is 22.9 Å². The number of amides is 1. The summed E-state index contributed by atoms with van der Waals surface area (Å²) in [6.07, 6.45) is 1.76. The van der Waals surface area contributed by atoms with Crippen molar-refractivity contribution < 1.29 is 18.7 Å². The lowest BCUT2D eigenvalue weighted by molar-refractivity contribution is 0.168. The van der Waals surface area contributed by atoms with Gasteiger partial charge in [-0.15, -0.1) is 0 Å². The molecule has 6 nitrogen and oxygen atoms in total. The molecule has 1 aromatic heterocycles. The molecule has 2 aromatic carbocycles. The summed E-state index contributed by atoms with van der Waals surface area (Å²) in [5.41, 5.74) is 3.56. The highest BCUT2D eigenvalue weighted by atomic mass is 19.1. The van der Waals surface area contributed by atoms with E-state index in [-0.39, 0.29) is 6.61 Å². The summed E-state index contributed by atoms with van der Waals surface area (Å²) in [5, 5.41) is 13.5. The van der Waals surface area contributed by atoms with Crippen molar-refractivity contribution >= 4 is 22.7 Å². The zero-order chi connectivity index (χ0) is 21.1. The first-order chi connectivity index (χ1) is 14.6. The molecule has 1 heterocycles. The van der Waals surface area contributed by atoms with Crippen molar-refractivity contribution in [2.24, 2.45) is 5.92 Å². The molecule has 0 spiro atoms. The molecule has 30 heavy (non-hydrogen) atoms. The Labute approximate surface area is 173 Å². The van der Waals surface area contributed by atoms with Gasteiger partial charge in [0.15, 0.2) is 0 Å². The molecular weight excluding hydrogens is 385 g/mol. The second-order valence-corrected chi connectivity index (χ2v) is 7.25. The average Bonchev–Trinajstić information content (AvgIpc) is 3.50. The standard InChI is InChI=1S/C23H22FN3O3/c1-2-29-23(28)26-17-5-3-4-16(10-17)22-20(12-25)19-9-8-18(30-14-24)11-21(19)27(22)13-15-6-7-15/h3-5,8-11,15H,2,6-7,13-14H2,1H3,(H,26,28). The van der Waals surface area contributed by atoms with Gasteiger partial charge in [-0.25, -0.2) is 9.18 Å². The van der Waals surface area contributed by atoms with E-state index in [1.165, 1.54) is 0 Å². The molecule has 0 unspecified atom stereocenters. The minimum absolute atomic E-state index is 0.281. The molecular formula is C23H22FN3O3. The van der Waals surface area contributed by atoms with Crippen LogP contribution in [0.4, 0.5) is 14.9 Å². The number of hydrogen-bond acceptors (Lipinski definition) is 4. The smallest absolute Gasteiger partial charge is 0.411 e. The zero-order valence-electron chi connectivity index (χ0n) is 16.7. The number of nitrogens with zero attached hydrogens (tertiary/aromatic N) is 2. The second-order valence-electron chi connectivity index (χ2n) is 7.25. The highest BCUT2D eigenvalue weighted by Crippen LogP contribution is 2.40. The summed E-state index contributed by atoms with van der Waals surface area (Å²) in [4.78, 5) is 11.8. The molecule has 1 saturated carbocycles. The molecule has 1 aliphatic rings. The Hall–Kier alpha value is -3.53. The van der Waals surface area contributed by atoms with Crippen LogP contribution in [-0.4, -0.2) is 24.1 Å². The van der Waals surface area contributed by atoms with Gasteiger partial charge in [0.05, 0.1) is 23.4 Å². The van der Waals surface area contributed by atoms with Gasteiger partial charge in [0.1, 0.15) is 11.8 Å². The van der Waals surface area contributed by atoms with Crippen molar-refractivity contribution in [1.29, 1.82) is 5.26 Å². The van der Waals surface area contributed by atoms with E-state index >= 15 is 0 Å².